The molecule has 7 heteroatoms. The first-order valence-electron chi connectivity index (χ1n) is 6.96. The molecular weight excluding hydrogens is 270 g/mol. The van der Waals surface area contributed by atoms with Gasteiger partial charge in [0, 0.05) is 6.20 Å². The van der Waals surface area contributed by atoms with Crippen molar-refractivity contribution in [1.29, 1.82) is 0 Å². The van der Waals surface area contributed by atoms with E-state index in [0.717, 1.165) is 18.5 Å². The maximum absolute atomic E-state index is 11.2. The van der Waals surface area contributed by atoms with Crippen LogP contribution in [0.15, 0.2) is 24.4 Å². The second-order valence-corrected chi connectivity index (χ2v) is 4.86. The van der Waals surface area contributed by atoms with Gasteiger partial charge in [-0.1, -0.05) is 19.8 Å². The maximum Gasteiger partial charge on any atom is 0.326 e. The van der Waals surface area contributed by atoms with Crippen LogP contribution in [0.25, 0.3) is 5.82 Å². The number of aliphatic carboxylic acids is 1. The van der Waals surface area contributed by atoms with Crippen molar-refractivity contribution in [2.45, 2.75) is 39.2 Å². The third kappa shape index (κ3) is 4.01. The fourth-order valence-electron chi connectivity index (χ4n) is 1.91. The Morgan fingerprint density at radius 3 is 2.71 bits per heavy atom. The third-order valence-electron chi connectivity index (χ3n) is 3.07. The summed E-state index contributed by atoms with van der Waals surface area (Å²) in [5.74, 6) is 0.164. The molecule has 0 aliphatic heterocycles. The zero-order valence-corrected chi connectivity index (χ0v) is 12.2. The molecule has 0 aliphatic rings. The predicted molar refractivity (Wildman–Crippen MR) is 78.5 cm³/mol. The molecule has 2 aromatic rings. The number of hydrogen-bond donors (Lipinski definition) is 2. The van der Waals surface area contributed by atoms with E-state index >= 15 is 0 Å². The van der Waals surface area contributed by atoms with Crippen molar-refractivity contribution in [3.63, 3.8) is 0 Å². The van der Waals surface area contributed by atoms with Crippen LogP contribution in [0.1, 0.15) is 31.9 Å². The molecule has 2 rings (SSSR count). The van der Waals surface area contributed by atoms with E-state index < -0.39 is 12.0 Å². The number of carboxylic acid groups (broad SMARTS) is 1. The van der Waals surface area contributed by atoms with E-state index in [9.17, 15) is 9.90 Å². The molecule has 2 heterocycles. The average Bonchev–Trinajstić information content (AvgIpc) is 2.90. The third-order valence-corrected chi connectivity index (χ3v) is 3.07. The van der Waals surface area contributed by atoms with Crippen molar-refractivity contribution in [2.75, 3.05) is 5.32 Å². The molecule has 0 radical (unpaired) electrons. The number of nitrogens with one attached hydrogen (secondary N) is 1. The Kier molecular flexibility index (Phi) is 4.86. The van der Waals surface area contributed by atoms with Crippen LogP contribution in [-0.2, 0) is 4.79 Å². The van der Waals surface area contributed by atoms with Gasteiger partial charge in [0.05, 0.1) is 5.69 Å². The lowest BCUT2D eigenvalue weighted by atomic mass is 10.1. The summed E-state index contributed by atoms with van der Waals surface area (Å²) < 4.78 is 1.62. The molecule has 0 amide bonds. The van der Waals surface area contributed by atoms with Crippen LogP contribution in [0.2, 0.25) is 0 Å². The quantitative estimate of drug-likeness (QED) is 0.810. The fourth-order valence-corrected chi connectivity index (χ4v) is 1.91. The lowest BCUT2D eigenvalue weighted by Gasteiger charge is -2.14. The summed E-state index contributed by atoms with van der Waals surface area (Å²) >= 11 is 0. The molecular formula is C14H19N5O2. The lowest BCUT2D eigenvalue weighted by molar-refractivity contribution is -0.138. The number of aryl methyl sites for hydroxylation is 1. The zero-order valence-electron chi connectivity index (χ0n) is 12.2. The molecule has 0 saturated carbocycles. The van der Waals surface area contributed by atoms with E-state index in [2.05, 4.69) is 20.6 Å². The average molecular weight is 289 g/mol. The highest BCUT2D eigenvalue weighted by atomic mass is 16.4. The van der Waals surface area contributed by atoms with Gasteiger partial charge >= 0.3 is 5.97 Å². The van der Waals surface area contributed by atoms with Gasteiger partial charge in [0.1, 0.15) is 11.9 Å². The molecule has 0 bridgehead atoms. The van der Waals surface area contributed by atoms with Gasteiger partial charge in [0.25, 0.3) is 0 Å². The normalized spacial score (nSPS) is 12.1. The van der Waals surface area contributed by atoms with E-state index in [4.69, 9.17) is 0 Å². The van der Waals surface area contributed by atoms with Gasteiger partial charge in [-0.05, 0) is 31.5 Å². The minimum absolute atomic E-state index is 0.450. The van der Waals surface area contributed by atoms with Gasteiger partial charge in [0.15, 0.2) is 5.82 Å². The summed E-state index contributed by atoms with van der Waals surface area (Å²) in [5, 5.41) is 24.4. The number of carbonyl (C=O) groups is 1. The number of nitrogens with zero attached hydrogens (tertiary/aromatic N) is 4. The topological polar surface area (TPSA) is 92.9 Å². The summed E-state index contributed by atoms with van der Waals surface area (Å²) in [6.07, 6.45) is 4.16. The second kappa shape index (κ2) is 6.83. The first kappa shape index (κ1) is 15.0. The van der Waals surface area contributed by atoms with Gasteiger partial charge in [-0.25, -0.2) is 9.48 Å². The maximum atomic E-state index is 11.2. The monoisotopic (exact) mass is 289 g/mol. The Labute approximate surface area is 123 Å². The molecule has 0 spiro atoms. The van der Waals surface area contributed by atoms with Crippen molar-refractivity contribution >= 4 is 11.8 Å². The Morgan fingerprint density at radius 1 is 1.38 bits per heavy atom. The van der Waals surface area contributed by atoms with Crippen LogP contribution < -0.4 is 5.32 Å². The smallest absolute Gasteiger partial charge is 0.326 e. The second-order valence-electron chi connectivity index (χ2n) is 4.86. The van der Waals surface area contributed by atoms with E-state index in [0.29, 0.717) is 18.1 Å². The van der Waals surface area contributed by atoms with E-state index in [-0.39, 0.29) is 0 Å². The number of aromatic nitrogens is 4. The minimum Gasteiger partial charge on any atom is -0.480 e. The van der Waals surface area contributed by atoms with Gasteiger partial charge in [-0.3, -0.25) is 0 Å². The molecule has 0 aromatic carbocycles. The van der Waals surface area contributed by atoms with E-state index in [1.54, 1.807) is 23.0 Å². The van der Waals surface area contributed by atoms with Crippen LogP contribution in [0.5, 0.6) is 0 Å². The summed E-state index contributed by atoms with van der Waals surface area (Å²) in [4.78, 5) is 11.2. The molecule has 0 fully saturated rings. The van der Waals surface area contributed by atoms with Crippen LogP contribution in [0, 0.1) is 6.92 Å². The van der Waals surface area contributed by atoms with E-state index in [1.807, 2.05) is 19.9 Å². The van der Waals surface area contributed by atoms with Crippen molar-refractivity contribution in [3.05, 3.63) is 30.1 Å². The van der Waals surface area contributed by atoms with Crippen LogP contribution in [-0.4, -0.2) is 37.1 Å². The van der Waals surface area contributed by atoms with Gasteiger partial charge in [-0.15, -0.1) is 10.2 Å². The summed E-state index contributed by atoms with van der Waals surface area (Å²) in [6, 6.07) is 4.69. The van der Waals surface area contributed by atoms with Crippen molar-refractivity contribution in [3.8, 4) is 5.82 Å². The van der Waals surface area contributed by atoms with Crippen LogP contribution in [0.3, 0.4) is 0 Å². The Hall–Kier alpha value is -2.44. The SMILES string of the molecule is CCCCC(Nc1ccc(-n2ccc(C)n2)nn1)C(=O)O. The summed E-state index contributed by atoms with van der Waals surface area (Å²) in [6.45, 7) is 3.92. The standard InChI is InChI=1S/C14H19N5O2/c1-3-4-5-11(14(20)21)15-12-6-7-13(17-16-12)19-9-8-10(2)18-19/h6-9,11H,3-5H2,1-2H3,(H,15,16)(H,20,21). The summed E-state index contributed by atoms with van der Waals surface area (Å²) in [5.41, 5.74) is 0.893. The highest BCUT2D eigenvalue weighted by molar-refractivity contribution is 5.76. The molecule has 112 valence electrons. The number of carboxylic acids is 1. The van der Waals surface area contributed by atoms with Gasteiger partial charge in [-0.2, -0.15) is 5.10 Å². The highest BCUT2D eigenvalue weighted by Crippen LogP contribution is 2.11. The molecule has 21 heavy (non-hydrogen) atoms. The van der Waals surface area contributed by atoms with Crippen LogP contribution >= 0.6 is 0 Å². The molecule has 1 atom stereocenters. The lowest BCUT2D eigenvalue weighted by Crippen LogP contribution is -2.29. The number of unbranched alkanes of at least 4 members (excludes halogenated alkanes) is 1. The first-order chi connectivity index (χ1) is 10.1. The highest BCUT2D eigenvalue weighted by Gasteiger charge is 2.17. The molecule has 7 nitrogen and oxygen atoms in total. The van der Waals surface area contributed by atoms with Crippen molar-refractivity contribution < 1.29 is 9.90 Å². The molecule has 2 N–H and O–H groups in total. The molecule has 0 aliphatic carbocycles. The number of anilines is 1. The van der Waals surface area contributed by atoms with Gasteiger partial charge < -0.3 is 10.4 Å². The Bertz CT molecular complexity index is 594. The number of rotatable bonds is 7. The molecule has 2 aromatic heterocycles. The fraction of sp³-hybridized carbons (Fsp3) is 0.429. The molecule has 1 unspecified atom stereocenters. The predicted octanol–water partition coefficient (Wildman–Crippen LogP) is 2.03. The first-order valence-corrected chi connectivity index (χ1v) is 6.96. The zero-order chi connectivity index (χ0) is 15.2. The van der Waals surface area contributed by atoms with E-state index in [1.165, 1.54) is 0 Å². The van der Waals surface area contributed by atoms with Crippen LogP contribution in [0.4, 0.5) is 5.82 Å². The summed E-state index contributed by atoms with van der Waals surface area (Å²) in [7, 11) is 0. The Balaban J connectivity index is 2.05. The molecule has 0 saturated heterocycles. The number of hydrogen-bond acceptors (Lipinski definition) is 5. The minimum atomic E-state index is -0.878. The van der Waals surface area contributed by atoms with Gasteiger partial charge in [0.2, 0.25) is 0 Å². The van der Waals surface area contributed by atoms with Crippen molar-refractivity contribution in [1.82, 2.24) is 20.0 Å². The van der Waals surface area contributed by atoms with Crippen molar-refractivity contribution in [2.24, 2.45) is 0 Å². The Morgan fingerprint density at radius 2 is 2.19 bits per heavy atom. The largest absolute Gasteiger partial charge is 0.480 e.